The number of rotatable bonds is 4. The van der Waals surface area contributed by atoms with E-state index in [1.165, 1.54) is 0 Å². The highest BCUT2D eigenvalue weighted by Crippen LogP contribution is 2.25. The van der Waals surface area contributed by atoms with E-state index < -0.39 is 11.6 Å². The number of hydrogen-bond donors (Lipinski definition) is 2. The van der Waals surface area contributed by atoms with E-state index in [1.54, 1.807) is 12.1 Å². The van der Waals surface area contributed by atoms with Gasteiger partial charge in [-0.05, 0) is 30.5 Å². The molecule has 4 rings (SSSR count). The van der Waals surface area contributed by atoms with Crippen LogP contribution >= 0.6 is 12.4 Å². The monoisotopic (exact) mass is 399 g/mol. The number of carbonyl (C=O) groups excluding carboxylic acids is 3. The highest BCUT2D eigenvalue weighted by Gasteiger charge is 2.51. The molecule has 1 atom stereocenters. The Hall–Kier alpha value is -2.70. The summed E-state index contributed by atoms with van der Waals surface area (Å²) in [5.74, 6) is -0.562. The summed E-state index contributed by atoms with van der Waals surface area (Å²) in [5.41, 5.74) is 1.66. The van der Waals surface area contributed by atoms with Gasteiger partial charge in [-0.3, -0.25) is 14.5 Å². The summed E-state index contributed by atoms with van der Waals surface area (Å²) < 4.78 is 0. The molecule has 2 aliphatic rings. The first-order valence-corrected chi connectivity index (χ1v) is 9.13. The van der Waals surface area contributed by atoms with Gasteiger partial charge in [0.1, 0.15) is 5.54 Å². The molecule has 2 aliphatic heterocycles. The van der Waals surface area contributed by atoms with Gasteiger partial charge in [-0.15, -0.1) is 12.4 Å². The van der Waals surface area contributed by atoms with Gasteiger partial charge in [-0.1, -0.05) is 54.6 Å². The molecular weight excluding hydrogens is 378 g/mol. The second-order valence-electron chi connectivity index (χ2n) is 7.05. The molecule has 3 amide bonds. The first kappa shape index (κ1) is 20.0. The number of benzene rings is 2. The number of hydrogen-bond acceptors (Lipinski definition) is 4. The van der Waals surface area contributed by atoms with Crippen LogP contribution in [0.5, 0.6) is 0 Å². The Bertz CT molecular complexity index is 878. The second kappa shape index (κ2) is 8.12. The molecule has 2 aromatic carbocycles. The average Bonchev–Trinajstić information content (AvgIpc) is 2.93. The number of ketones is 1. The lowest BCUT2D eigenvalue weighted by molar-refractivity contribution is -0.131. The molecule has 0 bridgehead atoms. The smallest absolute Gasteiger partial charge is 0.322 e. The molecule has 146 valence electrons. The van der Waals surface area contributed by atoms with Crippen molar-refractivity contribution in [2.45, 2.75) is 18.4 Å². The molecular formula is C21H22ClN3O3. The zero-order chi connectivity index (χ0) is 18.9. The van der Waals surface area contributed by atoms with Gasteiger partial charge in [0.2, 0.25) is 0 Å². The van der Waals surface area contributed by atoms with Crippen LogP contribution in [0.2, 0.25) is 0 Å². The predicted octanol–water partition coefficient (Wildman–Crippen LogP) is 2.63. The van der Waals surface area contributed by atoms with Crippen LogP contribution in [0, 0.1) is 0 Å². The van der Waals surface area contributed by atoms with E-state index in [2.05, 4.69) is 10.6 Å². The van der Waals surface area contributed by atoms with Gasteiger partial charge >= 0.3 is 6.03 Å². The maximum absolute atomic E-state index is 12.7. The van der Waals surface area contributed by atoms with Crippen LogP contribution in [0.25, 0.3) is 11.1 Å². The van der Waals surface area contributed by atoms with E-state index in [4.69, 9.17) is 0 Å². The fourth-order valence-corrected chi connectivity index (χ4v) is 3.73. The molecule has 0 saturated carbocycles. The normalized spacial score (nSPS) is 21.4. The molecule has 0 radical (unpaired) electrons. The molecule has 28 heavy (non-hydrogen) atoms. The zero-order valence-corrected chi connectivity index (χ0v) is 16.1. The highest BCUT2D eigenvalue weighted by molar-refractivity contribution is 6.11. The van der Waals surface area contributed by atoms with Crippen molar-refractivity contribution in [3.8, 4) is 11.1 Å². The van der Waals surface area contributed by atoms with Gasteiger partial charge in [-0.25, -0.2) is 4.79 Å². The minimum atomic E-state index is -0.896. The molecule has 2 aromatic rings. The molecule has 2 fully saturated rings. The summed E-state index contributed by atoms with van der Waals surface area (Å²) in [7, 11) is 0. The minimum Gasteiger partial charge on any atom is -0.322 e. The summed E-state index contributed by atoms with van der Waals surface area (Å²) in [5, 5.41) is 5.93. The predicted molar refractivity (Wildman–Crippen MR) is 109 cm³/mol. The SMILES string of the molecule is Cl.O=C(CN1C(=O)NC2(CCCNC2)C1=O)c1ccc(-c2ccccc2)cc1. The molecule has 0 aliphatic carbocycles. The van der Waals surface area contributed by atoms with Gasteiger partial charge in [0.25, 0.3) is 5.91 Å². The number of Topliss-reactive ketones (excluding diaryl/α,β-unsaturated/α-hetero) is 1. The van der Waals surface area contributed by atoms with Crippen LogP contribution in [0.3, 0.4) is 0 Å². The van der Waals surface area contributed by atoms with E-state index in [1.807, 2.05) is 42.5 Å². The quantitative estimate of drug-likeness (QED) is 0.612. The summed E-state index contributed by atoms with van der Waals surface area (Å²) in [6, 6.07) is 16.6. The third-order valence-corrected chi connectivity index (χ3v) is 5.25. The topological polar surface area (TPSA) is 78.5 Å². The lowest BCUT2D eigenvalue weighted by Gasteiger charge is -2.31. The molecule has 1 unspecified atom stereocenters. The van der Waals surface area contributed by atoms with E-state index in [0.29, 0.717) is 18.5 Å². The second-order valence-corrected chi connectivity index (χ2v) is 7.05. The van der Waals surface area contributed by atoms with Crippen molar-refractivity contribution in [2.24, 2.45) is 0 Å². The summed E-state index contributed by atoms with van der Waals surface area (Å²) in [4.78, 5) is 38.7. The number of amides is 3. The average molecular weight is 400 g/mol. The number of imide groups is 1. The van der Waals surface area contributed by atoms with Crippen molar-refractivity contribution in [2.75, 3.05) is 19.6 Å². The van der Waals surface area contributed by atoms with Crippen LogP contribution in [-0.4, -0.2) is 47.8 Å². The van der Waals surface area contributed by atoms with Crippen molar-refractivity contribution in [1.29, 1.82) is 0 Å². The lowest BCUT2D eigenvalue weighted by Crippen LogP contribution is -2.57. The molecule has 2 N–H and O–H groups in total. The van der Waals surface area contributed by atoms with E-state index in [-0.39, 0.29) is 30.6 Å². The van der Waals surface area contributed by atoms with Crippen molar-refractivity contribution in [3.05, 3.63) is 60.2 Å². The Morgan fingerprint density at radius 2 is 1.68 bits per heavy atom. The van der Waals surface area contributed by atoms with Crippen LogP contribution in [0.1, 0.15) is 23.2 Å². The third-order valence-electron chi connectivity index (χ3n) is 5.25. The first-order chi connectivity index (χ1) is 13.1. The Kier molecular flexibility index (Phi) is 5.82. The van der Waals surface area contributed by atoms with Crippen molar-refractivity contribution < 1.29 is 14.4 Å². The molecule has 0 aromatic heterocycles. The summed E-state index contributed by atoms with van der Waals surface area (Å²) in [6.45, 7) is 1.00. The highest BCUT2D eigenvalue weighted by atomic mass is 35.5. The fourth-order valence-electron chi connectivity index (χ4n) is 3.73. The van der Waals surface area contributed by atoms with Crippen LogP contribution in [0.4, 0.5) is 4.79 Å². The summed E-state index contributed by atoms with van der Waals surface area (Å²) >= 11 is 0. The van der Waals surface area contributed by atoms with Crippen LogP contribution in [-0.2, 0) is 4.79 Å². The molecule has 2 heterocycles. The first-order valence-electron chi connectivity index (χ1n) is 9.13. The standard InChI is InChI=1S/C21H21N3O3.ClH/c25-18(17-9-7-16(8-10-17)15-5-2-1-3-6-15)13-24-19(26)21(23-20(24)27)11-4-12-22-14-21;/h1-3,5-10,22H,4,11-14H2,(H,23,27);1H. The number of halogens is 1. The molecule has 1 spiro atoms. The van der Waals surface area contributed by atoms with Crippen molar-refractivity contribution in [3.63, 3.8) is 0 Å². The zero-order valence-electron chi connectivity index (χ0n) is 15.3. The van der Waals surface area contributed by atoms with Crippen molar-refractivity contribution >= 4 is 30.1 Å². The van der Waals surface area contributed by atoms with Crippen LogP contribution in [0.15, 0.2) is 54.6 Å². The number of nitrogens with zero attached hydrogens (tertiary/aromatic N) is 1. The number of piperidine rings is 1. The summed E-state index contributed by atoms with van der Waals surface area (Å²) in [6.07, 6.45) is 1.41. The van der Waals surface area contributed by atoms with Gasteiger partial charge in [0.15, 0.2) is 5.78 Å². The number of urea groups is 1. The van der Waals surface area contributed by atoms with Gasteiger partial charge in [0.05, 0.1) is 6.54 Å². The Morgan fingerprint density at radius 1 is 1.00 bits per heavy atom. The van der Waals surface area contributed by atoms with E-state index in [0.717, 1.165) is 29.0 Å². The minimum absolute atomic E-state index is 0. The molecule has 2 saturated heterocycles. The van der Waals surface area contributed by atoms with Gasteiger partial charge < -0.3 is 10.6 Å². The largest absolute Gasteiger partial charge is 0.325 e. The van der Waals surface area contributed by atoms with E-state index in [9.17, 15) is 14.4 Å². The maximum Gasteiger partial charge on any atom is 0.325 e. The molecule has 7 heteroatoms. The fraction of sp³-hybridized carbons (Fsp3) is 0.286. The number of nitrogens with one attached hydrogen (secondary N) is 2. The van der Waals surface area contributed by atoms with Crippen LogP contribution < -0.4 is 10.6 Å². The third kappa shape index (κ3) is 3.66. The Labute approximate surface area is 169 Å². The van der Waals surface area contributed by atoms with E-state index >= 15 is 0 Å². The molecule has 6 nitrogen and oxygen atoms in total. The van der Waals surface area contributed by atoms with Gasteiger partial charge in [0, 0.05) is 12.1 Å². The van der Waals surface area contributed by atoms with Gasteiger partial charge in [-0.2, -0.15) is 0 Å². The maximum atomic E-state index is 12.7. The van der Waals surface area contributed by atoms with Crippen molar-refractivity contribution in [1.82, 2.24) is 15.5 Å². The lowest BCUT2D eigenvalue weighted by atomic mass is 9.90. The number of carbonyl (C=O) groups is 3. The Balaban J connectivity index is 0.00000225. The Morgan fingerprint density at radius 3 is 2.32 bits per heavy atom.